The highest BCUT2D eigenvalue weighted by Crippen LogP contribution is 2.44. The maximum Gasteiger partial charge on any atom is 0.0979 e. The van der Waals surface area contributed by atoms with Crippen molar-refractivity contribution in [2.75, 3.05) is 5.32 Å². The Balaban J connectivity index is 0.959. The molecule has 1 aliphatic carbocycles. The van der Waals surface area contributed by atoms with Gasteiger partial charge in [-0.2, -0.15) is 0 Å². The number of hydrogen-bond acceptors (Lipinski definition) is 3. The van der Waals surface area contributed by atoms with Gasteiger partial charge in [-0.05, 0) is 57.1 Å². The van der Waals surface area contributed by atoms with Gasteiger partial charge in [-0.15, -0.1) is 0 Å². The minimum absolute atomic E-state index is 0.334. The van der Waals surface area contributed by atoms with E-state index in [1.165, 1.54) is 49.8 Å². The van der Waals surface area contributed by atoms with Crippen molar-refractivity contribution < 1.29 is 0 Å². The normalized spacial score (nSPS) is 16.1. The lowest BCUT2D eigenvalue weighted by Gasteiger charge is -2.15. The second kappa shape index (κ2) is 11.4. The van der Waals surface area contributed by atoms with Gasteiger partial charge in [-0.3, -0.25) is 0 Å². The highest BCUT2D eigenvalue weighted by molar-refractivity contribution is 6.23. The Kier molecular flexibility index (Phi) is 6.53. The van der Waals surface area contributed by atoms with Gasteiger partial charge in [0.2, 0.25) is 0 Å². The van der Waals surface area contributed by atoms with Gasteiger partial charge in [0, 0.05) is 33.5 Å². The van der Waals surface area contributed by atoms with Gasteiger partial charge in [0.15, 0.2) is 0 Å². The summed E-state index contributed by atoms with van der Waals surface area (Å²) in [6, 6.07) is 50.6. The Hall–Kier alpha value is -6.32. The van der Waals surface area contributed by atoms with E-state index in [2.05, 4.69) is 176 Å². The van der Waals surface area contributed by atoms with E-state index < -0.39 is 0 Å². The van der Waals surface area contributed by atoms with Crippen LogP contribution in [0.15, 0.2) is 164 Å². The Bertz CT molecular complexity index is 2680. The van der Waals surface area contributed by atoms with Crippen LogP contribution in [0, 0.1) is 6.92 Å². The maximum atomic E-state index is 5.31. The second-order valence-electron chi connectivity index (χ2n) is 13.4. The molecule has 0 fully saturated rings. The van der Waals surface area contributed by atoms with Gasteiger partial charge in [0.1, 0.15) is 0 Å². The predicted molar refractivity (Wildman–Crippen MR) is 209 cm³/mol. The lowest BCUT2D eigenvalue weighted by atomic mass is 9.90. The average molecular weight is 640 g/mol. The quantitative estimate of drug-likeness (QED) is 0.195. The van der Waals surface area contributed by atoms with Gasteiger partial charge < -0.3 is 5.32 Å². The summed E-state index contributed by atoms with van der Waals surface area (Å²) < 4.78 is 0. The van der Waals surface area contributed by atoms with Crippen molar-refractivity contribution in [3.05, 3.63) is 175 Å². The van der Waals surface area contributed by atoms with Crippen molar-refractivity contribution in [2.24, 2.45) is 0 Å². The predicted octanol–water partition coefficient (Wildman–Crippen LogP) is 11.9. The summed E-state index contributed by atoms with van der Waals surface area (Å²) in [4.78, 5) is 10.5. The molecule has 0 amide bonds. The van der Waals surface area contributed by atoms with Gasteiger partial charge >= 0.3 is 0 Å². The first-order valence-corrected chi connectivity index (χ1v) is 17.3. The number of nitrogens with one attached hydrogen (secondary N) is 1. The largest absolute Gasteiger partial charge is 0.377 e. The van der Waals surface area contributed by atoms with E-state index in [0.29, 0.717) is 12.0 Å². The fourth-order valence-corrected chi connectivity index (χ4v) is 8.02. The van der Waals surface area contributed by atoms with E-state index in [-0.39, 0.29) is 0 Å². The molecule has 2 unspecified atom stereocenters. The van der Waals surface area contributed by atoms with Crippen LogP contribution in [0.25, 0.3) is 77.2 Å². The molecule has 236 valence electrons. The van der Waals surface area contributed by atoms with Crippen molar-refractivity contribution in [1.82, 2.24) is 9.97 Å². The summed E-state index contributed by atoms with van der Waals surface area (Å²) in [5, 5.41) is 8.45. The number of fused-ring (bicyclic) bond motifs is 9. The fourth-order valence-electron chi connectivity index (χ4n) is 8.02. The molecule has 3 nitrogen and oxygen atoms in total. The molecule has 0 radical (unpaired) electrons. The van der Waals surface area contributed by atoms with Crippen LogP contribution in [-0.4, -0.2) is 16.0 Å². The zero-order valence-electron chi connectivity index (χ0n) is 27.6. The first-order chi connectivity index (χ1) is 24.7. The fraction of sp³-hybridized carbons (Fsp3) is 0.0638. The highest BCUT2D eigenvalue weighted by Gasteiger charge is 2.31. The van der Waals surface area contributed by atoms with E-state index in [1.54, 1.807) is 0 Å². The molecule has 3 heteroatoms. The smallest absolute Gasteiger partial charge is 0.0979 e. The number of allylic oxidation sites excluding steroid dienone is 2. The molecule has 2 atom stereocenters. The third-order valence-electron chi connectivity index (χ3n) is 10.5. The Morgan fingerprint density at radius 1 is 0.480 bits per heavy atom. The summed E-state index contributed by atoms with van der Waals surface area (Å²) in [6.07, 6.45) is 8.86. The summed E-state index contributed by atoms with van der Waals surface area (Å²) >= 11 is 0. The van der Waals surface area contributed by atoms with Crippen molar-refractivity contribution in [1.29, 1.82) is 0 Å². The molecule has 1 N–H and O–H groups in total. The van der Waals surface area contributed by atoms with Crippen LogP contribution < -0.4 is 5.32 Å². The molecule has 0 spiro atoms. The zero-order chi connectivity index (χ0) is 33.2. The first kappa shape index (κ1) is 28.7. The monoisotopic (exact) mass is 639 g/mol. The summed E-state index contributed by atoms with van der Waals surface area (Å²) in [5.74, 6) is 0.402. The first-order valence-electron chi connectivity index (χ1n) is 17.3. The molecule has 0 saturated heterocycles. The van der Waals surface area contributed by atoms with Crippen LogP contribution in [0.2, 0.25) is 0 Å². The number of nitrogens with zero attached hydrogens (tertiary/aromatic N) is 2. The molecule has 50 heavy (non-hydrogen) atoms. The second-order valence-corrected chi connectivity index (χ2v) is 13.4. The zero-order valence-corrected chi connectivity index (χ0v) is 27.6. The standard InChI is InChI=1S/C47H33N3/c1-29-44(50-47-41-16-5-3-13-38(41)37-12-2-4-15-40(37)46(47)48-29)35-11-8-10-34(28-35)32-22-20-30(21-23-32)31-24-26-33(27-25-31)36-17-9-18-42-39-14-6-7-19-43(39)49-45(36)42/h2-28,39,43,49H,1H3. The molecule has 2 aliphatic rings. The van der Waals surface area contributed by atoms with Gasteiger partial charge in [-0.1, -0.05) is 158 Å². The van der Waals surface area contributed by atoms with Gasteiger partial charge in [-0.25, -0.2) is 9.97 Å². The van der Waals surface area contributed by atoms with E-state index in [1.807, 2.05) is 0 Å². The Morgan fingerprint density at radius 3 is 1.74 bits per heavy atom. The van der Waals surface area contributed by atoms with Crippen LogP contribution in [0.3, 0.4) is 0 Å². The number of aromatic nitrogens is 2. The van der Waals surface area contributed by atoms with Crippen molar-refractivity contribution in [3.8, 4) is 44.6 Å². The van der Waals surface area contributed by atoms with Crippen molar-refractivity contribution >= 4 is 38.3 Å². The number of benzene rings is 7. The van der Waals surface area contributed by atoms with Gasteiger partial charge in [0.05, 0.1) is 28.5 Å². The molecule has 0 bridgehead atoms. The van der Waals surface area contributed by atoms with Crippen LogP contribution in [0.1, 0.15) is 17.2 Å². The minimum Gasteiger partial charge on any atom is -0.377 e. The van der Waals surface area contributed by atoms with E-state index in [0.717, 1.165) is 44.3 Å². The molecule has 10 rings (SSSR count). The summed E-state index contributed by atoms with van der Waals surface area (Å²) in [7, 11) is 0. The van der Waals surface area contributed by atoms with Gasteiger partial charge in [0.25, 0.3) is 0 Å². The van der Waals surface area contributed by atoms with E-state index >= 15 is 0 Å². The lowest BCUT2D eigenvalue weighted by molar-refractivity contribution is 0.805. The van der Waals surface area contributed by atoms with E-state index in [9.17, 15) is 0 Å². The van der Waals surface area contributed by atoms with E-state index in [4.69, 9.17) is 9.97 Å². The molecule has 8 aromatic rings. The van der Waals surface area contributed by atoms with Crippen LogP contribution in [-0.2, 0) is 0 Å². The summed E-state index contributed by atoms with van der Waals surface area (Å²) in [6.45, 7) is 2.07. The third kappa shape index (κ3) is 4.58. The Labute approximate surface area is 291 Å². The highest BCUT2D eigenvalue weighted by atomic mass is 15.0. The third-order valence-corrected chi connectivity index (χ3v) is 10.5. The van der Waals surface area contributed by atoms with Crippen molar-refractivity contribution in [2.45, 2.75) is 18.9 Å². The summed E-state index contributed by atoms with van der Waals surface area (Å²) in [5.41, 5.74) is 14.7. The molecular formula is C47H33N3. The number of para-hydroxylation sites is 1. The number of hydrogen-bond donors (Lipinski definition) is 1. The number of anilines is 1. The molecular weight excluding hydrogens is 607 g/mol. The van der Waals surface area contributed by atoms with Crippen LogP contribution >= 0.6 is 0 Å². The van der Waals surface area contributed by atoms with Crippen LogP contribution in [0.5, 0.6) is 0 Å². The maximum absolute atomic E-state index is 5.31. The average Bonchev–Trinajstić information content (AvgIpc) is 3.57. The minimum atomic E-state index is 0.334. The number of aryl methyl sites for hydroxylation is 1. The molecule has 0 saturated carbocycles. The lowest BCUT2D eigenvalue weighted by Crippen LogP contribution is -2.17. The molecule has 2 heterocycles. The van der Waals surface area contributed by atoms with Crippen molar-refractivity contribution in [3.63, 3.8) is 0 Å². The number of rotatable bonds is 4. The Morgan fingerprint density at radius 2 is 1.04 bits per heavy atom. The topological polar surface area (TPSA) is 37.8 Å². The molecule has 1 aromatic heterocycles. The molecule has 7 aromatic carbocycles. The molecule has 1 aliphatic heterocycles. The van der Waals surface area contributed by atoms with Crippen LogP contribution in [0.4, 0.5) is 5.69 Å². The SMILES string of the molecule is Cc1nc2c3ccccc3c3ccccc3c2nc1-c1cccc(-c2ccc(-c3ccc(-c4cccc5c4NC4C=CC=CC54)cc3)cc2)c1.